The average Bonchev–Trinajstić information content (AvgIpc) is 2.79. The van der Waals surface area contributed by atoms with Gasteiger partial charge in [-0.15, -0.1) is 0 Å². The fourth-order valence-corrected chi connectivity index (χ4v) is 5.26. The fourth-order valence-electron chi connectivity index (χ4n) is 5.26. The molecule has 0 radical (unpaired) electrons. The van der Waals surface area contributed by atoms with E-state index in [1.54, 1.807) is 0 Å². The minimum Gasteiger partial charge on any atom is -0.396 e. The van der Waals surface area contributed by atoms with Crippen molar-refractivity contribution in [3.63, 3.8) is 0 Å². The molecular weight excluding hydrogens is 316 g/mol. The molecule has 0 amide bonds. The number of aliphatic hydroxyl groups excluding tert-OH is 3. The zero-order chi connectivity index (χ0) is 18.2. The molecular formula is C21H32O4. The van der Waals surface area contributed by atoms with Crippen LogP contribution in [0.15, 0.2) is 34.9 Å². The molecule has 3 aliphatic carbocycles. The Labute approximate surface area is 150 Å². The van der Waals surface area contributed by atoms with Gasteiger partial charge < -0.3 is 20.4 Å². The van der Waals surface area contributed by atoms with Crippen LogP contribution >= 0.6 is 0 Å². The van der Waals surface area contributed by atoms with E-state index in [9.17, 15) is 20.4 Å². The molecule has 0 spiro atoms. The molecule has 0 saturated heterocycles. The molecule has 0 aromatic rings. The highest BCUT2D eigenvalue weighted by molar-refractivity contribution is 5.38. The van der Waals surface area contributed by atoms with Crippen LogP contribution < -0.4 is 0 Å². The maximum absolute atomic E-state index is 11.1. The zero-order valence-electron chi connectivity index (χ0n) is 15.4. The molecule has 0 unspecified atom stereocenters. The number of hydrogen-bond donors (Lipinski definition) is 4. The number of fused-ring (bicyclic) bond motifs is 1. The Kier molecular flexibility index (Phi) is 5.27. The summed E-state index contributed by atoms with van der Waals surface area (Å²) in [6, 6.07) is 0. The van der Waals surface area contributed by atoms with Gasteiger partial charge in [0.2, 0.25) is 0 Å². The van der Waals surface area contributed by atoms with Crippen molar-refractivity contribution in [1.82, 2.24) is 0 Å². The van der Waals surface area contributed by atoms with Crippen LogP contribution in [-0.4, -0.2) is 44.8 Å². The first-order valence-electron chi connectivity index (χ1n) is 9.57. The first kappa shape index (κ1) is 18.8. The van der Waals surface area contributed by atoms with Crippen LogP contribution in [0.4, 0.5) is 0 Å². The summed E-state index contributed by atoms with van der Waals surface area (Å²) in [7, 11) is 0. The molecule has 4 heteroatoms. The van der Waals surface area contributed by atoms with Gasteiger partial charge in [0.1, 0.15) is 0 Å². The topological polar surface area (TPSA) is 80.9 Å². The molecule has 0 aliphatic heterocycles. The van der Waals surface area contributed by atoms with Gasteiger partial charge in [-0.05, 0) is 68.9 Å². The van der Waals surface area contributed by atoms with Gasteiger partial charge in [-0.3, -0.25) is 0 Å². The lowest BCUT2D eigenvalue weighted by molar-refractivity contribution is -0.0968. The van der Waals surface area contributed by atoms with Crippen LogP contribution in [-0.2, 0) is 0 Å². The predicted octanol–water partition coefficient (Wildman–Crippen LogP) is 2.62. The Balaban J connectivity index is 1.86. The number of aliphatic hydroxyl groups is 4. The highest BCUT2D eigenvalue weighted by Crippen LogP contribution is 2.59. The maximum Gasteiger partial charge on any atom is 0.0733 e. The molecule has 1 fully saturated rings. The minimum atomic E-state index is -0.920. The first-order valence-corrected chi connectivity index (χ1v) is 9.57. The fraction of sp³-hybridized carbons (Fsp3) is 0.714. The normalized spacial score (nSPS) is 42.0. The lowest BCUT2D eigenvalue weighted by atomic mass is 9.61. The summed E-state index contributed by atoms with van der Waals surface area (Å²) >= 11 is 0. The largest absolute Gasteiger partial charge is 0.396 e. The number of allylic oxidation sites excluding steroid dienone is 4. The average molecular weight is 348 g/mol. The Morgan fingerprint density at radius 1 is 1.24 bits per heavy atom. The van der Waals surface area contributed by atoms with Crippen molar-refractivity contribution >= 4 is 0 Å². The molecule has 140 valence electrons. The van der Waals surface area contributed by atoms with Crippen molar-refractivity contribution in [2.24, 2.45) is 11.3 Å². The van der Waals surface area contributed by atoms with Crippen molar-refractivity contribution in [3.8, 4) is 0 Å². The van der Waals surface area contributed by atoms with Crippen LogP contribution in [0.2, 0.25) is 0 Å². The monoisotopic (exact) mass is 348 g/mol. The zero-order valence-corrected chi connectivity index (χ0v) is 15.4. The van der Waals surface area contributed by atoms with E-state index in [1.807, 2.05) is 6.08 Å². The number of rotatable bonds is 4. The third kappa shape index (κ3) is 3.37. The minimum absolute atomic E-state index is 0.0340. The van der Waals surface area contributed by atoms with Crippen molar-refractivity contribution < 1.29 is 20.4 Å². The van der Waals surface area contributed by atoms with Gasteiger partial charge in [0, 0.05) is 12.0 Å². The van der Waals surface area contributed by atoms with Crippen LogP contribution in [0.1, 0.15) is 58.8 Å². The highest BCUT2D eigenvalue weighted by atomic mass is 16.3. The van der Waals surface area contributed by atoms with Gasteiger partial charge in [-0.25, -0.2) is 0 Å². The summed E-state index contributed by atoms with van der Waals surface area (Å²) in [6.45, 7) is 4.14. The van der Waals surface area contributed by atoms with E-state index in [0.717, 1.165) is 24.8 Å². The van der Waals surface area contributed by atoms with Crippen molar-refractivity contribution in [2.45, 2.75) is 76.6 Å². The molecule has 0 heterocycles. The lowest BCUT2D eigenvalue weighted by Gasteiger charge is -2.47. The Morgan fingerprint density at radius 3 is 2.72 bits per heavy atom. The summed E-state index contributed by atoms with van der Waals surface area (Å²) in [5, 5.41) is 40.8. The molecule has 0 bridgehead atoms. The summed E-state index contributed by atoms with van der Waals surface area (Å²) in [4.78, 5) is 0. The van der Waals surface area contributed by atoms with Gasteiger partial charge in [0.25, 0.3) is 0 Å². The van der Waals surface area contributed by atoms with Gasteiger partial charge in [0.05, 0.1) is 17.8 Å². The molecule has 4 nitrogen and oxygen atoms in total. The third-order valence-corrected chi connectivity index (χ3v) is 6.96. The maximum atomic E-state index is 11.1. The van der Waals surface area contributed by atoms with Crippen molar-refractivity contribution in [2.75, 3.05) is 6.61 Å². The molecule has 4 N–H and O–H groups in total. The summed E-state index contributed by atoms with van der Waals surface area (Å²) in [6.07, 6.45) is 10.1. The second-order valence-electron chi connectivity index (χ2n) is 8.49. The van der Waals surface area contributed by atoms with E-state index in [2.05, 4.69) is 26.0 Å². The van der Waals surface area contributed by atoms with E-state index in [-0.39, 0.29) is 18.6 Å². The van der Waals surface area contributed by atoms with E-state index < -0.39 is 17.1 Å². The first-order chi connectivity index (χ1) is 11.8. The molecule has 3 aliphatic rings. The molecule has 5 atom stereocenters. The quantitative estimate of drug-likeness (QED) is 0.630. The van der Waals surface area contributed by atoms with Gasteiger partial charge >= 0.3 is 0 Å². The molecule has 1 saturated carbocycles. The van der Waals surface area contributed by atoms with E-state index in [0.29, 0.717) is 25.7 Å². The summed E-state index contributed by atoms with van der Waals surface area (Å²) < 4.78 is 0. The Morgan fingerprint density at radius 2 is 2.00 bits per heavy atom. The standard InChI is InChI=1S/C21H32O4/c1-14-3-6-17(23)11-15(14)4-5-16-12-18(24)13-20(2)19(16)7-8-21(20,25)9-10-22/h4-5,12,17-19,22-25H,3,6-11,13H2,1-2H3/b5-4+/t17-,18+,19-,20-,21-/m0/s1. The van der Waals surface area contributed by atoms with E-state index in [4.69, 9.17) is 0 Å². The second-order valence-corrected chi connectivity index (χ2v) is 8.49. The van der Waals surface area contributed by atoms with Crippen LogP contribution in [0.25, 0.3) is 0 Å². The van der Waals surface area contributed by atoms with Crippen LogP contribution in [0.3, 0.4) is 0 Å². The van der Waals surface area contributed by atoms with Crippen LogP contribution in [0.5, 0.6) is 0 Å². The van der Waals surface area contributed by atoms with Gasteiger partial charge in [0.15, 0.2) is 0 Å². The molecule has 0 aromatic heterocycles. The highest BCUT2D eigenvalue weighted by Gasteiger charge is 2.58. The smallest absolute Gasteiger partial charge is 0.0733 e. The molecule has 25 heavy (non-hydrogen) atoms. The lowest BCUT2D eigenvalue weighted by Crippen LogP contribution is -2.49. The summed E-state index contributed by atoms with van der Waals surface area (Å²) in [5.41, 5.74) is 2.25. The predicted molar refractivity (Wildman–Crippen MR) is 97.9 cm³/mol. The van der Waals surface area contributed by atoms with Crippen LogP contribution in [0, 0.1) is 11.3 Å². The molecule has 3 rings (SSSR count). The van der Waals surface area contributed by atoms with Crippen molar-refractivity contribution in [3.05, 3.63) is 34.9 Å². The van der Waals surface area contributed by atoms with E-state index in [1.165, 1.54) is 11.1 Å². The Hall–Kier alpha value is -0.940. The Bertz CT molecular complexity index is 605. The van der Waals surface area contributed by atoms with Gasteiger partial charge in [-0.1, -0.05) is 30.7 Å². The SMILES string of the molecule is CC1=C(/C=C/C2=C[C@@H](O)C[C@@]3(C)[C@H]2CC[C@]3(O)CCO)C[C@@H](O)CC1. The number of hydrogen-bond acceptors (Lipinski definition) is 4. The third-order valence-electron chi connectivity index (χ3n) is 6.96. The molecule has 0 aromatic carbocycles. The summed E-state index contributed by atoms with van der Waals surface area (Å²) in [5.74, 6) is 0.193. The van der Waals surface area contributed by atoms with Gasteiger partial charge in [-0.2, -0.15) is 0 Å². The van der Waals surface area contributed by atoms with E-state index >= 15 is 0 Å². The second kappa shape index (κ2) is 6.99. The van der Waals surface area contributed by atoms with Crippen molar-refractivity contribution in [1.29, 1.82) is 0 Å².